The summed E-state index contributed by atoms with van der Waals surface area (Å²) in [4.78, 5) is 18.6. The van der Waals surface area contributed by atoms with Crippen LogP contribution in [0.25, 0.3) is 0 Å². The molecular weight excluding hydrogens is 306 g/mol. The van der Waals surface area contributed by atoms with Crippen molar-refractivity contribution in [3.63, 3.8) is 0 Å². The van der Waals surface area contributed by atoms with E-state index in [4.69, 9.17) is 9.15 Å². The van der Waals surface area contributed by atoms with Crippen LogP contribution in [0.3, 0.4) is 0 Å². The van der Waals surface area contributed by atoms with Gasteiger partial charge in [-0.25, -0.2) is 0 Å². The first-order chi connectivity index (χ1) is 11.8. The van der Waals surface area contributed by atoms with Crippen molar-refractivity contribution in [2.75, 3.05) is 6.54 Å². The SMILES string of the molecule is O=C(c1ccoc1)N1Cc2cccn2CC(Oc2cccnc2)C1. The van der Waals surface area contributed by atoms with E-state index >= 15 is 0 Å². The molecule has 0 bridgehead atoms. The third-order valence-electron chi connectivity index (χ3n) is 4.09. The second-order valence-electron chi connectivity index (χ2n) is 5.78. The minimum absolute atomic E-state index is 0.0572. The van der Waals surface area contributed by atoms with E-state index in [1.54, 1.807) is 23.4 Å². The van der Waals surface area contributed by atoms with Gasteiger partial charge in [-0.15, -0.1) is 0 Å². The number of furan rings is 1. The summed E-state index contributed by atoms with van der Waals surface area (Å²) in [5.74, 6) is 0.645. The molecule has 0 N–H and O–H groups in total. The zero-order chi connectivity index (χ0) is 16.4. The maximum atomic E-state index is 12.7. The highest BCUT2D eigenvalue weighted by molar-refractivity contribution is 5.93. The number of fused-ring (bicyclic) bond motifs is 1. The molecule has 4 heterocycles. The van der Waals surface area contributed by atoms with E-state index in [0.717, 1.165) is 5.69 Å². The predicted octanol–water partition coefficient (Wildman–Crippen LogP) is 2.58. The summed E-state index contributed by atoms with van der Waals surface area (Å²) in [6.07, 6.45) is 8.24. The van der Waals surface area contributed by atoms with Gasteiger partial charge in [-0.05, 0) is 30.3 Å². The number of ether oxygens (including phenoxy) is 1. The molecule has 1 aliphatic rings. The minimum atomic E-state index is -0.154. The van der Waals surface area contributed by atoms with E-state index in [9.17, 15) is 4.79 Å². The second-order valence-corrected chi connectivity index (χ2v) is 5.78. The molecular formula is C18H17N3O3. The number of hydrogen-bond donors (Lipinski definition) is 0. The molecule has 0 spiro atoms. The Morgan fingerprint density at radius 2 is 2.21 bits per heavy atom. The van der Waals surface area contributed by atoms with Crippen LogP contribution in [0.4, 0.5) is 0 Å². The van der Waals surface area contributed by atoms with Gasteiger partial charge >= 0.3 is 0 Å². The van der Waals surface area contributed by atoms with Gasteiger partial charge in [0.25, 0.3) is 5.91 Å². The number of carbonyl (C=O) groups excluding carboxylic acids is 1. The first-order valence-electron chi connectivity index (χ1n) is 7.82. The monoisotopic (exact) mass is 323 g/mol. The van der Waals surface area contributed by atoms with Gasteiger partial charge < -0.3 is 18.6 Å². The zero-order valence-electron chi connectivity index (χ0n) is 13.0. The third-order valence-corrected chi connectivity index (χ3v) is 4.09. The second kappa shape index (κ2) is 6.23. The summed E-state index contributed by atoms with van der Waals surface area (Å²) in [7, 11) is 0. The summed E-state index contributed by atoms with van der Waals surface area (Å²) in [6.45, 7) is 1.73. The fraction of sp³-hybridized carbons (Fsp3) is 0.222. The van der Waals surface area contributed by atoms with E-state index in [2.05, 4.69) is 9.55 Å². The summed E-state index contributed by atoms with van der Waals surface area (Å²) >= 11 is 0. The topological polar surface area (TPSA) is 60.5 Å². The molecule has 0 radical (unpaired) electrons. The highest BCUT2D eigenvalue weighted by Crippen LogP contribution is 2.20. The fourth-order valence-corrected chi connectivity index (χ4v) is 2.96. The minimum Gasteiger partial charge on any atom is -0.485 e. The average molecular weight is 323 g/mol. The highest BCUT2D eigenvalue weighted by Gasteiger charge is 2.27. The standard InChI is InChI=1S/C18H17N3O3/c22-18(14-5-8-23-13-14)21-10-15-3-2-7-20(15)11-17(12-21)24-16-4-1-6-19-9-16/h1-9,13,17H,10-12H2. The van der Waals surface area contributed by atoms with Crippen molar-refractivity contribution in [2.24, 2.45) is 0 Å². The van der Waals surface area contributed by atoms with Crippen LogP contribution in [-0.4, -0.2) is 33.0 Å². The van der Waals surface area contributed by atoms with Crippen LogP contribution in [0, 0.1) is 0 Å². The molecule has 0 fully saturated rings. The van der Waals surface area contributed by atoms with Crippen LogP contribution in [0.5, 0.6) is 5.75 Å². The Labute approximate surface area is 139 Å². The van der Waals surface area contributed by atoms with Gasteiger partial charge in [0, 0.05) is 18.1 Å². The van der Waals surface area contributed by atoms with Gasteiger partial charge in [0.05, 0.1) is 37.7 Å². The molecule has 1 atom stereocenters. The average Bonchev–Trinajstić information content (AvgIpc) is 3.24. The quantitative estimate of drug-likeness (QED) is 0.743. The predicted molar refractivity (Wildman–Crippen MR) is 86.5 cm³/mol. The number of amides is 1. The first kappa shape index (κ1) is 14.6. The maximum absolute atomic E-state index is 12.7. The largest absolute Gasteiger partial charge is 0.485 e. The van der Waals surface area contributed by atoms with E-state index in [-0.39, 0.29) is 12.0 Å². The summed E-state index contributed by atoms with van der Waals surface area (Å²) < 4.78 is 13.2. The van der Waals surface area contributed by atoms with E-state index in [1.807, 2.05) is 30.5 Å². The van der Waals surface area contributed by atoms with E-state index in [1.165, 1.54) is 12.5 Å². The Morgan fingerprint density at radius 1 is 1.25 bits per heavy atom. The van der Waals surface area contributed by atoms with Crippen LogP contribution >= 0.6 is 0 Å². The molecule has 1 aliphatic heterocycles. The van der Waals surface area contributed by atoms with Crippen molar-refractivity contribution in [1.29, 1.82) is 0 Å². The van der Waals surface area contributed by atoms with Gasteiger partial charge in [-0.3, -0.25) is 9.78 Å². The summed E-state index contributed by atoms with van der Waals surface area (Å²) in [5.41, 5.74) is 1.64. The Morgan fingerprint density at radius 3 is 3.00 bits per heavy atom. The molecule has 0 saturated carbocycles. The van der Waals surface area contributed by atoms with Gasteiger partial charge in [-0.1, -0.05) is 0 Å². The third kappa shape index (κ3) is 2.90. The van der Waals surface area contributed by atoms with Crippen molar-refractivity contribution in [3.8, 4) is 5.75 Å². The lowest BCUT2D eigenvalue weighted by Gasteiger charge is -2.24. The Kier molecular flexibility index (Phi) is 3.78. The molecule has 1 amide bonds. The highest BCUT2D eigenvalue weighted by atomic mass is 16.5. The van der Waals surface area contributed by atoms with Gasteiger partial charge in [0.2, 0.25) is 0 Å². The molecule has 0 saturated heterocycles. The normalized spacial score (nSPS) is 17.2. The Hall–Kier alpha value is -3.02. The van der Waals surface area contributed by atoms with Crippen molar-refractivity contribution < 1.29 is 13.9 Å². The van der Waals surface area contributed by atoms with Crippen molar-refractivity contribution >= 4 is 5.91 Å². The number of nitrogens with zero attached hydrogens (tertiary/aromatic N) is 3. The summed E-state index contributed by atoms with van der Waals surface area (Å²) in [5, 5.41) is 0. The van der Waals surface area contributed by atoms with Crippen LogP contribution < -0.4 is 4.74 Å². The van der Waals surface area contributed by atoms with Crippen LogP contribution in [0.2, 0.25) is 0 Å². The molecule has 24 heavy (non-hydrogen) atoms. The number of aromatic nitrogens is 2. The molecule has 0 aromatic carbocycles. The molecule has 3 aromatic rings. The zero-order valence-corrected chi connectivity index (χ0v) is 13.0. The van der Waals surface area contributed by atoms with Gasteiger partial charge in [0.1, 0.15) is 18.1 Å². The van der Waals surface area contributed by atoms with Gasteiger partial charge in [0.15, 0.2) is 0 Å². The first-order valence-corrected chi connectivity index (χ1v) is 7.82. The lowest BCUT2D eigenvalue weighted by atomic mass is 10.2. The molecule has 4 rings (SSSR count). The maximum Gasteiger partial charge on any atom is 0.257 e. The van der Waals surface area contributed by atoms with Crippen LogP contribution in [-0.2, 0) is 13.1 Å². The lowest BCUT2D eigenvalue weighted by Crippen LogP contribution is -2.38. The van der Waals surface area contributed by atoms with Crippen molar-refractivity contribution in [2.45, 2.75) is 19.2 Å². The molecule has 0 aliphatic carbocycles. The number of pyridine rings is 1. The van der Waals surface area contributed by atoms with Crippen LogP contribution in [0.15, 0.2) is 65.9 Å². The molecule has 122 valence electrons. The van der Waals surface area contributed by atoms with Gasteiger partial charge in [-0.2, -0.15) is 0 Å². The number of rotatable bonds is 3. The molecule has 1 unspecified atom stereocenters. The summed E-state index contributed by atoms with van der Waals surface area (Å²) in [6, 6.07) is 9.41. The fourth-order valence-electron chi connectivity index (χ4n) is 2.96. The van der Waals surface area contributed by atoms with Crippen molar-refractivity contribution in [3.05, 3.63) is 72.7 Å². The molecule has 6 nitrogen and oxygen atoms in total. The van der Waals surface area contributed by atoms with Crippen molar-refractivity contribution in [1.82, 2.24) is 14.5 Å². The molecule has 6 heteroatoms. The number of carbonyl (C=O) groups is 1. The van der Waals surface area contributed by atoms with Crippen LogP contribution in [0.1, 0.15) is 16.1 Å². The van der Waals surface area contributed by atoms with E-state index in [0.29, 0.717) is 30.9 Å². The van der Waals surface area contributed by atoms with E-state index < -0.39 is 0 Å². The smallest absolute Gasteiger partial charge is 0.257 e. The Balaban J connectivity index is 1.60. The lowest BCUT2D eigenvalue weighted by molar-refractivity contribution is 0.0651. The molecule has 3 aromatic heterocycles. The Bertz CT molecular complexity index is 811. The number of hydrogen-bond acceptors (Lipinski definition) is 4.